The summed E-state index contributed by atoms with van der Waals surface area (Å²) in [6.45, 7) is 5.62. The second kappa shape index (κ2) is 10.7. The second-order valence-corrected chi connectivity index (χ2v) is 5.82. The summed E-state index contributed by atoms with van der Waals surface area (Å²) in [4.78, 5) is 4.54. The molecule has 0 radical (unpaired) electrons. The van der Waals surface area contributed by atoms with Crippen molar-refractivity contribution >= 4 is 23.2 Å². The van der Waals surface area contributed by atoms with Crippen LogP contribution in [0.3, 0.4) is 0 Å². The minimum atomic E-state index is 0.203. The van der Waals surface area contributed by atoms with Crippen molar-refractivity contribution in [2.45, 2.75) is 33.1 Å². The first-order valence-electron chi connectivity index (χ1n) is 7.30. The molecule has 0 amide bonds. The fourth-order valence-corrected chi connectivity index (χ4v) is 2.15. The van der Waals surface area contributed by atoms with Crippen molar-refractivity contribution in [2.24, 2.45) is 5.90 Å². The number of benzene rings is 1. The zero-order valence-electron chi connectivity index (χ0n) is 13.0. The Labute approximate surface area is 142 Å². The van der Waals surface area contributed by atoms with E-state index in [0.29, 0.717) is 19.8 Å². The summed E-state index contributed by atoms with van der Waals surface area (Å²) in [5.41, 5.74) is 2.16. The second-order valence-electron chi connectivity index (χ2n) is 4.81. The number of aryl methyl sites for hydroxylation is 2. The van der Waals surface area contributed by atoms with Crippen molar-refractivity contribution < 1.29 is 14.3 Å². The van der Waals surface area contributed by atoms with E-state index in [4.69, 9.17) is 38.6 Å². The van der Waals surface area contributed by atoms with E-state index >= 15 is 0 Å². The molecule has 4 nitrogen and oxygen atoms in total. The van der Waals surface area contributed by atoms with Crippen LogP contribution in [0.4, 0.5) is 0 Å². The Morgan fingerprint density at radius 1 is 1.18 bits per heavy atom. The molecule has 6 heteroatoms. The lowest BCUT2D eigenvalue weighted by molar-refractivity contribution is 0.129. The monoisotopic (exact) mass is 347 g/mol. The molecule has 0 atom stereocenters. The van der Waals surface area contributed by atoms with Crippen molar-refractivity contribution in [3.05, 3.63) is 33.8 Å². The minimum absolute atomic E-state index is 0.203. The Bertz CT molecular complexity index is 489. The van der Waals surface area contributed by atoms with Gasteiger partial charge in [0.05, 0.1) is 13.2 Å². The molecule has 124 valence electrons. The number of rotatable bonds is 10. The smallest absolute Gasteiger partial charge is 0.125 e. The highest BCUT2D eigenvalue weighted by atomic mass is 35.5. The average Bonchev–Trinajstić information content (AvgIpc) is 2.48. The highest BCUT2D eigenvalue weighted by Gasteiger charge is 2.09. The SMILES string of the molecule is CCc1cc(OCC=C(Cl)Cl)cc(C)c1OCCCCON. The molecule has 2 N–H and O–H groups in total. The quantitative estimate of drug-likeness (QED) is 0.506. The van der Waals surface area contributed by atoms with Crippen LogP contribution in [0.25, 0.3) is 0 Å². The van der Waals surface area contributed by atoms with Crippen LogP contribution in [0.1, 0.15) is 30.9 Å². The van der Waals surface area contributed by atoms with Crippen LogP contribution in [0.5, 0.6) is 11.5 Å². The van der Waals surface area contributed by atoms with Gasteiger partial charge in [0.2, 0.25) is 0 Å². The number of unbranched alkanes of at least 4 members (excludes halogenated alkanes) is 1. The molecule has 0 unspecified atom stereocenters. The van der Waals surface area contributed by atoms with E-state index in [1.807, 2.05) is 19.1 Å². The summed E-state index contributed by atoms with van der Waals surface area (Å²) in [5.74, 6) is 6.70. The van der Waals surface area contributed by atoms with Crippen LogP contribution in [-0.4, -0.2) is 19.8 Å². The van der Waals surface area contributed by atoms with E-state index in [-0.39, 0.29) is 4.49 Å². The fraction of sp³-hybridized carbons (Fsp3) is 0.500. The van der Waals surface area contributed by atoms with Gasteiger partial charge in [-0.25, -0.2) is 5.90 Å². The zero-order chi connectivity index (χ0) is 16.4. The number of hydrogen-bond acceptors (Lipinski definition) is 4. The number of nitrogens with two attached hydrogens (primary N) is 1. The molecule has 22 heavy (non-hydrogen) atoms. The van der Waals surface area contributed by atoms with Crippen molar-refractivity contribution in [2.75, 3.05) is 19.8 Å². The summed E-state index contributed by atoms with van der Waals surface area (Å²) in [5, 5.41) is 0. The lowest BCUT2D eigenvalue weighted by Crippen LogP contribution is -2.06. The number of ether oxygens (including phenoxy) is 2. The summed E-state index contributed by atoms with van der Waals surface area (Å²) in [6, 6.07) is 3.94. The first kappa shape index (κ1) is 19.1. The maximum Gasteiger partial charge on any atom is 0.125 e. The third-order valence-corrected chi connectivity index (χ3v) is 3.41. The Morgan fingerprint density at radius 3 is 2.55 bits per heavy atom. The van der Waals surface area contributed by atoms with Crippen LogP contribution in [0.2, 0.25) is 0 Å². The fourth-order valence-electron chi connectivity index (χ4n) is 2.03. The number of hydrogen-bond donors (Lipinski definition) is 1. The van der Waals surface area contributed by atoms with Crippen LogP contribution in [0, 0.1) is 6.92 Å². The van der Waals surface area contributed by atoms with Gasteiger partial charge < -0.3 is 14.3 Å². The van der Waals surface area contributed by atoms with E-state index < -0.39 is 0 Å². The van der Waals surface area contributed by atoms with Gasteiger partial charge in [-0.15, -0.1) is 0 Å². The molecular formula is C16H23Cl2NO3. The predicted molar refractivity (Wildman–Crippen MR) is 90.7 cm³/mol. The van der Waals surface area contributed by atoms with Crippen molar-refractivity contribution in [1.29, 1.82) is 0 Å². The van der Waals surface area contributed by atoms with E-state index in [1.54, 1.807) is 6.08 Å². The van der Waals surface area contributed by atoms with Gasteiger partial charge in [-0.2, -0.15) is 0 Å². The first-order chi connectivity index (χ1) is 10.6. The third-order valence-electron chi connectivity index (χ3n) is 3.10. The van der Waals surface area contributed by atoms with Crippen LogP contribution < -0.4 is 15.4 Å². The molecule has 1 rings (SSSR count). The number of halogens is 2. The molecule has 0 fully saturated rings. The summed E-state index contributed by atoms with van der Waals surface area (Å²) in [7, 11) is 0. The zero-order valence-corrected chi connectivity index (χ0v) is 14.5. The van der Waals surface area contributed by atoms with Crippen molar-refractivity contribution in [3.8, 4) is 11.5 Å². The standard InChI is InChI=1S/C16H23Cl2NO3/c1-3-13-11-14(20-9-6-15(17)18)10-12(2)16(13)21-7-4-5-8-22-19/h6,10-11H,3-5,7-9,19H2,1-2H3. The third kappa shape index (κ3) is 6.88. The van der Waals surface area contributed by atoms with Crippen LogP contribution in [-0.2, 0) is 11.3 Å². The lowest BCUT2D eigenvalue weighted by atomic mass is 10.1. The predicted octanol–water partition coefficient (Wildman–Crippen LogP) is 4.30. The molecule has 0 saturated heterocycles. The first-order valence-corrected chi connectivity index (χ1v) is 8.06. The Morgan fingerprint density at radius 2 is 1.91 bits per heavy atom. The van der Waals surface area contributed by atoms with Gasteiger partial charge in [-0.1, -0.05) is 30.1 Å². The molecule has 1 aromatic rings. The summed E-state index contributed by atoms with van der Waals surface area (Å²) < 4.78 is 11.7. The van der Waals surface area contributed by atoms with Crippen LogP contribution in [0.15, 0.2) is 22.7 Å². The summed E-state index contributed by atoms with van der Waals surface area (Å²) >= 11 is 11.1. The van der Waals surface area contributed by atoms with Gasteiger partial charge in [-0.05, 0) is 55.5 Å². The molecule has 0 aromatic heterocycles. The minimum Gasteiger partial charge on any atom is -0.493 e. The normalized spacial score (nSPS) is 10.4. The molecule has 0 aliphatic heterocycles. The van der Waals surface area contributed by atoms with Crippen molar-refractivity contribution in [3.63, 3.8) is 0 Å². The Kier molecular flexibility index (Phi) is 9.32. The molecule has 0 spiro atoms. The average molecular weight is 348 g/mol. The van der Waals surface area contributed by atoms with Gasteiger partial charge in [0.1, 0.15) is 22.6 Å². The molecule has 0 bridgehead atoms. The van der Waals surface area contributed by atoms with Gasteiger partial charge in [0.25, 0.3) is 0 Å². The maximum atomic E-state index is 5.90. The van der Waals surface area contributed by atoms with E-state index in [0.717, 1.165) is 41.9 Å². The van der Waals surface area contributed by atoms with Crippen molar-refractivity contribution in [1.82, 2.24) is 0 Å². The largest absolute Gasteiger partial charge is 0.493 e. The summed E-state index contributed by atoms with van der Waals surface area (Å²) in [6.07, 6.45) is 4.25. The van der Waals surface area contributed by atoms with E-state index in [9.17, 15) is 0 Å². The van der Waals surface area contributed by atoms with E-state index in [2.05, 4.69) is 11.8 Å². The highest BCUT2D eigenvalue weighted by molar-refractivity contribution is 6.55. The molecule has 0 aliphatic rings. The highest BCUT2D eigenvalue weighted by Crippen LogP contribution is 2.30. The molecular weight excluding hydrogens is 325 g/mol. The van der Waals surface area contributed by atoms with Gasteiger partial charge in [-0.3, -0.25) is 0 Å². The van der Waals surface area contributed by atoms with E-state index in [1.165, 1.54) is 0 Å². The topological polar surface area (TPSA) is 53.7 Å². The lowest BCUT2D eigenvalue weighted by Gasteiger charge is -2.15. The Hall–Kier alpha value is -0.940. The molecule has 0 aliphatic carbocycles. The van der Waals surface area contributed by atoms with Gasteiger partial charge in [0, 0.05) is 0 Å². The maximum absolute atomic E-state index is 5.90. The molecule has 1 aromatic carbocycles. The molecule has 0 heterocycles. The van der Waals surface area contributed by atoms with Crippen LogP contribution >= 0.6 is 23.2 Å². The van der Waals surface area contributed by atoms with Gasteiger partial charge in [0.15, 0.2) is 0 Å². The molecule has 0 saturated carbocycles. The van der Waals surface area contributed by atoms with Gasteiger partial charge >= 0.3 is 0 Å². The Balaban J connectivity index is 2.67.